The second-order valence-corrected chi connectivity index (χ2v) is 4.56. The van der Waals surface area contributed by atoms with Crippen LogP contribution < -0.4 is 11.3 Å². The minimum atomic E-state index is 0.358. The van der Waals surface area contributed by atoms with Gasteiger partial charge in [0.15, 0.2) is 0 Å². The van der Waals surface area contributed by atoms with Crippen molar-refractivity contribution in [1.29, 1.82) is 0 Å². The van der Waals surface area contributed by atoms with Crippen LogP contribution in [-0.4, -0.2) is 15.8 Å². The third kappa shape index (κ3) is 4.44. The van der Waals surface area contributed by atoms with Gasteiger partial charge in [0.05, 0.1) is 6.20 Å². The van der Waals surface area contributed by atoms with Gasteiger partial charge >= 0.3 is 0 Å². The minimum Gasteiger partial charge on any atom is -0.276 e. The standard InChI is InChI=1S/C11H22N4/c1-9(2)4-5-11(14-12)6-10-7-13-15(3)8-10/h7-9,11,14H,4-6,12H2,1-3H3. The first kappa shape index (κ1) is 12.2. The average molecular weight is 210 g/mol. The Hall–Kier alpha value is -0.870. The van der Waals surface area contributed by atoms with Gasteiger partial charge in [0.2, 0.25) is 0 Å². The molecule has 0 fully saturated rings. The summed E-state index contributed by atoms with van der Waals surface area (Å²) in [6, 6.07) is 0.358. The van der Waals surface area contributed by atoms with E-state index in [4.69, 9.17) is 5.84 Å². The summed E-state index contributed by atoms with van der Waals surface area (Å²) in [5, 5.41) is 4.15. The zero-order chi connectivity index (χ0) is 11.3. The van der Waals surface area contributed by atoms with E-state index >= 15 is 0 Å². The highest BCUT2D eigenvalue weighted by atomic mass is 15.2. The maximum atomic E-state index is 5.54. The van der Waals surface area contributed by atoms with Crippen molar-refractivity contribution in [1.82, 2.24) is 15.2 Å². The number of hydrazine groups is 1. The van der Waals surface area contributed by atoms with Gasteiger partial charge < -0.3 is 0 Å². The Kier molecular flexibility index (Phi) is 4.78. The molecule has 1 unspecified atom stereocenters. The van der Waals surface area contributed by atoms with Crippen LogP contribution >= 0.6 is 0 Å². The zero-order valence-electron chi connectivity index (χ0n) is 9.90. The highest BCUT2D eigenvalue weighted by Crippen LogP contribution is 2.10. The molecule has 1 rings (SSSR count). The number of hydrogen-bond acceptors (Lipinski definition) is 3. The average Bonchev–Trinajstić information content (AvgIpc) is 2.58. The summed E-state index contributed by atoms with van der Waals surface area (Å²) >= 11 is 0. The van der Waals surface area contributed by atoms with Gasteiger partial charge in [0, 0.05) is 19.3 Å². The summed E-state index contributed by atoms with van der Waals surface area (Å²) < 4.78 is 1.82. The Bertz CT molecular complexity index is 280. The lowest BCUT2D eigenvalue weighted by atomic mass is 10.00. The van der Waals surface area contributed by atoms with Gasteiger partial charge in [-0.2, -0.15) is 5.10 Å². The maximum absolute atomic E-state index is 5.54. The summed E-state index contributed by atoms with van der Waals surface area (Å²) in [7, 11) is 1.93. The van der Waals surface area contributed by atoms with Gasteiger partial charge in [-0.1, -0.05) is 13.8 Å². The molecule has 15 heavy (non-hydrogen) atoms. The highest BCUT2D eigenvalue weighted by molar-refractivity contribution is 5.05. The lowest BCUT2D eigenvalue weighted by Gasteiger charge is -2.15. The monoisotopic (exact) mass is 210 g/mol. The quantitative estimate of drug-likeness (QED) is 0.548. The molecule has 0 bridgehead atoms. The predicted molar refractivity (Wildman–Crippen MR) is 62.1 cm³/mol. The number of hydrogen-bond donors (Lipinski definition) is 2. The van der Waals surface area contributed by atoms with Crippen LogP contribution in [0.2, 0.25) is 0 Å². The van der Waals surface area contributed by atoms with Crippen molar-refractivity contribution < 1.29 is 0 Å². The van der Waals surface area contributed by atoms with E-state index in [9.17, 15) is 0 Å². The van der Waals surface area contributed by atoms with Gasteiger partial charge in [0.25, 0.3) is 0 Å². The molecule has 1 aromatic heterocycles. The molecule has 0 saturated carbocycles. The lowest BCUT2D eigenvalue weighted by Crippen LogP contribution is -2.36. The van der Waals surface area contributed by atoms with Gasteiger partial charge in [0.1, 0.15) is 0 Å². The zero-order valence-corrected chi connectivity index (χ0v) is 9.90. The summed E-state index contributed by atoms with van der Waals surface area (Å²) in [6.45, 7) is 4.47. The van der Waals surface area contributed by atoms with Crippen molar-refractivity contribution in [2.75, 3.05) is 0 Å². The van der Waals surface area contributed by atoms with Gasteiger partial charge in [-0.15, -0.1) is 0 Å². The summed E-state index contributed by atoms with van der Waals surface area (Å²) in [5.74, 6) is 6.27. The smallest absolute Gasteiger partial charge is 0.0522 e. The molecule has 0 aliphatic rings. The van der Waals surface area contributed by atoms with E-state index in [1.54, 1.807) is 0 Å². The van der Waals surface area contributed by atoms with E-state index in [1.165, 1.54) is 12.0 Å². The molecule has 1 heterocycles. The molecule has 0 saturated heterocycles. The molecule has 4 nitrogen and oxygen atoms in total. The fraction of sp³-hybridized carbons (Fsp3) is 0.727. The van der Waals surface area contributed by atoms with Crippen LogP contribution in [0.1, 0.15) is 32.3 Å². The van der Waals surface area contributed by atoms with Crippen molar-refractivity contribution in [2.24, 2.45) is 18.8 Å². The second-order valence-electron chi connectivity index (χ2n) is 4.56. The summed E-state index contributed by atoms with van der Waals surface area (Å²) in [5.41, 5.74) is 4.12. The molecule has 4 heteroatoms. The topological polar surface area (TPSA) is 55.9 Å². The Morgan fingerprint density at radius 3 is 2.67 bits per heavy atom. The summed E-state index contributed by atoms with van der Waals surface area (Å²) in [4.78, 5) is 0. The van der Waals surface area contributed by atoms with Crippen molar-refractivity contribution in [3.63, 3.8) is 0 Å². The van der Waals surface area contributed by atoms with E-state index in [-0.39, 0.29) is 0 Å². The molecule has 86 valence electrons. The number of rotatable bonds is 6. The molecular formula is C11H22N4. The van der Waals surface area contributed by atoms with E-state index in [0.29, 0.717) is 6.04 Å². The largest absolute Gasteiger partial charge is 0.276 e. The molecular weight excluding hydrogens is 188 g/mol. The van der Waals surface area contributed by atoms with Crippen LogP contribution in [0.5, 0.6) is 0 Å². The molecule has 3 N–H and O–H groups in total. The molecule has 0 spiro atoms. The van der Waals surface area contributed by atoms with E-state index < -0.39 is 0 Å². The summed E-state index contributed by atoms with van der Waals surface area (Å²) in [6.07, 6.45) is 7.22. The first-order valence-corrected chi connectivity index (χ1v) is 5.55. The van der Waals surface area contributed by atoms with Gasteiger partial charge in [-0.3, -0.25) is 16.0 Å². The Labute approximate surface area is 91.8 Å². The first-order valence-electron chi connectivity index (χ1n) is 5.55. The number of aromatic nitrogens is 2. The van der Waals surface area contributed by atoms with Crippen LogP contribution in [0.25, 0.3) is 0 Å². The molecule has 0 radical (unpaired) electrons. The Morgan fingerprint density at radius 1 is 1.47 bits per heavy atom. The first-order chi connectivity index (χ1) is 7.11. The third-order valence-corrected chi connectivity index (χ3v) is 2.57. The van der Waals surface area contributed by atoms with Crippen LogP contribution in [0, 0.1) is 5.92 Å². The van der Waals surface area contributed by atoms with E-state index in [1.807, 2.05) is 24.1 Å². The van der Waals surface area contributed by atoms with E-state index in [2.05, 4.69) is 24.4 Å². The van der Waals surface area contributed by atoms with Crippen LogP contribution in [0.15, 0.2) is 12.4 Å². The van der Waals surface area contributed by atoms with Crippen molar-refractivity contribution >= 4 is 0 Å². The number of nitrogens with zero attached hydrogens (tertiary/aromatic N) is 2. The van der Waals surface area contributed by atoms with Gasteiger partial charge in [-0.25, -0.2) is 0 Å². The van der Waals surface area contributed by atoms with Crippen LogP contribution in [0.4, 0.5) is 0 Å². The number of nitrogens with one attached hydrogen (secondary N) is 1. The Morgan fingerprint density at radius 2 is 2.20 bits per heavy atom. The van der Waals surface area contributed by atoms with Crippen LogP contribution in [0.3, 0.4) is 0 Å². The van der Waals surface area contributed by atoms with Crippen molar-refractivity contribution in [3.8, 4) is 0 Å². The van der Waals surface area contributed by atoms with Crippen LogP contribution in [-0.2, 0) is 13.5 Å². The fourth-order valence-corrected chi connectivity index (χ4v) is 1.64. The molecule has 0 amide bonds. The van der Waals surface area contributed by atoms with Gasteiger partial charge in [-0.05, 0) is 30.7 Å². The molecule has 0 aliphatic heterocycles. The van der Waals surface area contributed by atoms with Crippen molar-refractivity contribution in [3.05, 3.63) is 18.0 Å². The maximum Gasteiger partial charge on any atom is 0.0522 e. The molecule has 0 aliphatic carbocycles. The third-order valence-electron chi connectivity index (χ3n) is 2.57. The predicted octanol–water partition coefficient (Wildman–Crippen LogP) is 1.23. The molecule has 1 atom stereocenters. The Balaban J connectivity index is 2.39. The normalized spacial score (nSPS) is 13.4. The lowest BCUT2D eigenvalue weighted by molar-refractivity contribution is 0.434. The van der Waals surface area contributed by atoms with Crippen molar-refractivity contribution in [2.45, 2.75) is 39.2 Å². The second kappa shape index (κ2) is 5.88. The highest BCUT2D eigenvalue weighted by Gasteiger charge is 2.09. The minimum absolute atomic E-state index is 0.358. The van der Waals surface area contributed by atoms with E-state index in [0.717, 1.165) is 18.8 Å². The SMILES string of the molecule is CC(C)CCC(Cc1cnn(C)c1)NN. The fourth-order valence-electron chi connectivity index (χ4n) is 1.64. The number of nitrogens with two attached hydrogens (primary N) is 1. The molecule has 0 aromatic carbocycles. The number of aryl methyl sites for hydroxylation is 1. The molecule has 1 aromatic rings.